The van der Waals surface area contributed by atoms with Gasteiger partial charge in [0.25, 0.3) is 5.91 Å². The van der Waals surface area contributed by atoms with Crippen LogP contribution in [0.2, 0.25) is 5.02 Å². The zero-order chi connectivity index (χ0) is 21.1. The maximum absolute atomic E-state index is 12.4. The largest absolute Gasteiger partial charge is 0.455 e. The minimum Gasteiger partial charge on any atom is -0.455 e. The molecule has 6 nitrogen and oxygen atoms in total. The molecule has 0 saturated carbocycles. The minimum absolute atomic E-state index is 0.0452. The quantitative estimate of drug-likeness (QED) is 0.755. The molecule has 0 aliphatic carbocycles. The maximum Gasteiger partial charge on any atom is 0.311 e. The van der Waals surface area contributed by atoms with E-state index in [1.165, 1.54) is 0 Å². The third-order valence-electron chi connectivity index (χ3n) is 5.12. The van der Waals surface area contributed by atoms with Crippen molar-refractivity contribution in [3.05, 3.63) is 58.1 Å². The number of hydrogen-bond donors (Lipinski definition) is 1. The number of ether oxygens (including phenoxy) is 1. The van der Waals surface area contributed by atoms with Crippen LogP contribution < -0.4 is 10.2 Å². The van der Waals surface area contributed by atoms with Gasteiger partial charge in [0.2, 0.25) is 5.91 Å². The van der Waals surface area contributed by atoms with Crippen LogP contribution in [0.4, 0.5) is 11.4 Å². The first kappa shape index (κ1) is 20.9. The summed E-state index contributed by atoms with van der Waals surface area (Å²) >= 11 is 6.13. The predicted molar refractivity (Wildman–Crippen MR) is 112 cm³/mol. The molecule has 1 fully saturated rings. The molecule has 3 rings (SSSR count). The summed E-state index contributed by atoms with van der Waals surface area (Å²) in [7, 11) is 0. The summed E-state index contributed by atoms with van der Waals surface area (Å²) in [6, 6.07) is 10.9. The van der Waals surface area contributed by atoms with Gasteiger partial charge >= 0.3 is 5.97 Å². The molecule has 1 heterocycles. The van der Waals surface area contributed by atoms with E-state index in [9.17, 15) is 14.4 Å². The highest BCUT2D eigenvalue weighted by molar-refractivity contribution is 6.31. The normalized spacial score (nSPS) is 16.1. The van der Waals surface area contributed by atoms with E-state index in [2.05, 4.69) is 5.32 Å². The molecule has 152 valence electrons. The van der Waals surface area contributed by atoms with Gasteiger partial charge in [-0.2, -0.15) is 0 Å². The highest BCUT2D eigenvalue weighted by Gasteiger charge is 2.37. The van der Waals surface area contributed by atoms with Crippen LogP contribution in [0.1, 0.15) is 23.1 Å². The summed E-state index contributed by atoms with van der Waals surface area (Å²) in [5.41, 5.74) is 4.29. The number of carbonyl (C=O) groups excluding carboxylic acids is 3. The maximum atomic E-state index is 12.4. The Bertz CT molecular complexity index is 973. The average molecular weight is 415 g/mol. The molecule has 2 aromatic carbocycles. The summed E-state index contributed by atoms with van der Waals surface area (Å²) in [5.74, 6) is -1.77. The number of esters is 1. The first-order chi connectivity index (χ1) is 13.8. The van der Waals surface area contributed by atoms with Gasteiger partial charge in [-0.05, 0) is 61.7 Å². The predicted octanol–water partition coefficient (Wildman–Crippen LogP) is 3.80. The lowest BCUT2D eigenvalue weighted by Crippen LogP contribution is -2.28. The standard InChI is InChI=1S/C22H23ClN2O4/c1-13-7-8-17(9-14(13)2)24-20(26)12-29-22(28)16-10-21(27)25(11-16)19-6-4-5-18(23)15(19)3/h4-9,16H,10-12H2,1-3H3,(H,24,26)/t16-/m1/s1. The second kappa shape index (κ2) is 8.66. The van der Waals surface area contributed by atoms with Gasteiger partial charge in [0.15, 0.2) is 6.61 Å². The van der Waals surface area contributed by atoms with Gasteiger partial charge in [0, 0.05) is 29.4 Å². The second-order valence-corrected chi connectivity index (χ2v) is 7.65. The molecule has 1 aliphatic heterocycles. The molecule has 2 amide bonds. The SMILES string of the molecule is Cc1ccc(NC(=O)COC(=O)[C@@H]2CC(=O)N(c3cccc(Cl)c3C)C2)cc1C. The number of halogens is 1. The summed E-state index contributed by atoms with van der Waals surface area (Å²) < 4.78 is 5.14. The van der Waals surface area contributed by atoms with E-state index in [0.717, 1.165) is 16.7 Å². The van der Waals surface area contributed by atoms with Crippen molar-refractivity contribution in [3.63, 3.8) is 0 Å². The monoisotopic (exact) mass is 414 g/mol. The Balaban J connectivity index is 1.56. The molecule has 7 heteroatoms. The van der Waals surface area contributed by atoms with Crippen molar-refractivity contribution < 1.29 is 19.1 Å². The van der Waals surface area contributed by atoms with Crippen LogP contribution in [-0.2, 0) is 19.1 Å². The zero-order valence-electron chi connectivity index (χ0n) is 16.6. The van der Waals surface area contributed by atoms with E-state index in [4.69, 9.17) is 16.3 Å². The molecule has 1 saturated heterocycles. The van der Waals surface area contributed by atoms with E-state index in [-0.39, 0.29) is 18.9 Å². The van der Waals surface area contributed by atoms with E-state index in [1.807, 2.05) is 32.9 Å². The summed E-state index contributed by atoms with van der Waals surface area (Å²) in [5, 5.41) is 3.26. The van der Waals surface area contributed by atoms with Gasteiger partial charge in [0.1, 0.15) is 0 Å². The third kappa shape index (κ3) is 4.77. The van der Waals surface area contributed by atoms with E-state index >= 15 is 0 Å². The summed E-state index contributed by atoms with van der Waals surface area (Å²) in [6.07, 6.45) is 0.0452. The lowest BCUT2D eigenvalue weighted by molar-refractivity contribution is -0.151. The van der Waals surface area contributed by atoms with E-state index in [0.29, 0.717) is 16.4 Å². The Labute approximate surface area is 174 Å². The number of benzene rings is 2. The molecule has 29 heavy (non-hydrogen) atoms. The molecule has 1 aliphatic rings. The van der Waals surface area contributed by atoms with Crippen LogP contribution in [-0.4, -0.2) is 30.9 Å². The first-order valence-electron chi connectivity index (χ1n) is 9.35. The van der Waals surface area contributed by atoms with Crippen LogP contribution in [0.15, 0.2) is 36.4 Å². The van der Waals surface area contributed by atoms with Crippen LogP contribution in [0, 0.1) is 26.7 Å². The fourth-order valence-corrected chi connectivity index (χ4v) is 3.43. The number of hydrogen-bond acceptors (Lipinski definition) is 4. The molecule has 2 aromatic rings. The number of nitrogens with zero attached hydrogens (tertiary/aromatic N) is 1. The molecule has 0 unspecified atom stereocenters. The highest BCUT2D eigenvalue weighted by atomic mass is 35.5. The van der Waals surface area contributed by atoms with Crippen molar-refractivity contribution in [2.75, 3.05) is 23.4 Å². The second-order valence-electron chi connectivity index (χ2n) is 7.24. The smallest absolute Gasteiger partial charge is 0.311 e. The van der Waals surface area contributed by atoms with Crippen LogP contribution in [0.25, 0.3) is 0 Å². The molecule has 0 spiro atoms. The molecular formula is C22H23ClN2O4. The Hall–Kier alpha value is -2.86. The Kier molecular flexibility index (Phi) is 6.23. The van der Waals surface area contributed by atoms with Gasteiger partial charge in [-0.25, -0.2) is 0 Å². The van der Waals surface area contributed by atoms with Gasteiger partial charge < -0.3 is 15.0 Å². The van der Waals surface area contributed by atoms with E-state index < -0.39 is 24.4 Å². The molecule has 0 aromatic heterocycles. The van der Waals surface area contributed by atoms with Gasteiger partial charge in [-0.1, -0.05) is 23.7 Å². The molecule has 0 bridgehead atoms. The minimum atomic E-state index is -0.615. The van der Waals surface area contributed by atoms with Crippen molar-refractivity contribution in [1.29, 1.82) is 0 Å². The van der Waals surface area contributed by atoms with Gasteiger partial charge in [0.05, 0.1) is 5.92 Å². The van der Waals surface area contributed by atoms with Crippen molar-refractivity contribution in [3.8, 4) is 0 Å². The number of anilines is 2. The van der Waals surface area contributed by atoms with Crippen molar-refractivity contribution in [2.24, 2.45) is 5.92 Å². The first-order valence-corrected chi connectivity index (χ1v) is 9.73. The topological polar surface area (TPSA) is 75.7 Å². The number of amides is 2. The van der Waals surface area contributed by atoms with Crippen LogP contribution in [0.3, 0.4) is 0 Å². The third-order valence-corrected chi connectivity index (χ3v) is 5.53. The number of nitrogens with one attached hydrogen (secondary N) is 1. The Morgan fingerprint density at radius 2 is 1.93 bits per heavy atom. The number of carbonyl (C=O) groups is 3. The molecule has 1 atom stereocenters. The van der Waals surface area contributed by atoms with Crippen molar-refractivity contribution in [1.82, 2.24) is 0 Å². The van der Waals surface area contributed by atoms with Gasteiger partial charge in [-0.15, -0.1) is 0 Å². The highest BCUT2D eigenvalue weighted by Crippen LogP contribution is 2.31. The molecule has 1 N–H and O–H groups in total. The molecule has 0 radical (unpaired) electrons. The fourth-order valence-electron chi connectivity index (χ4n) is 3.26. The zero-order valence-corrected chi connectivity index (χ0v) is 17.4. The number of rotatable bonds is 5. The lowest BCUT2D eigenvalue weighted by atomic mass is 10.1. The summed E-state index contributed by atoms with van der Waals surface area (Å²) in [6.45, 7) is 5.58. The average Bonchev–Trinajstić information content (AvgIpc) is 3.06. The van der Waals surface area contributed by atoms with Crippen molar-refractivity contribution >= 4 is 40.8 Å². The molecular weight excluding hydrogens is 392 g/mol. The van der Waals surface area contributed by atoms with Crippen LogP contribution >= 0.6 is 11.6 Å². The fraction of sp³-hybridized carbons (Fsp3) is 0.318. The Morgan fingerprint density at radius 3 is 2.66 bits per heavy atom. The number of aryl methyl sites for hydroxylation is 2. The van der Waals surface area contributed by atoms with Crippen LogP contribution in [0.5, 0.6) is 0 Å². The van der Waals surface area contributed by atoms with Gasteiger partial charge in [-0.3, -0.25) is 14.4 Å². The lowest BCUT2D eigenvalue weighted by Gasteiger charge is -2.19. The van der Waals surface area contributed by atoms with E-state index in [1.54, 1.807) is 29.2 Å². The van der Waals surface area contributed by atoms with Crippen molar-refractivity contribution in [2.45, 2.75) is 27.2 Å². The summed E-state index contributed by atoms with van der Waals surface area (Å²) in [4.78, 5) is 38.4. The Morgan fingerprint density at radius 1 is 1.17 bits per heavy atom.